The van der Waals surface area contributed by atoms with Gasteiger partial charge in [-0.25, -0.2) is 4.99 Å². The maximum Gasteiger partial charge on any atom is 0.275 e. The van der Waals surface area contributed by atoms with Gasteiger partial charge in [0.05, 0.1) is 0 Å². The van der Waals surface area contributed by atoms with E-state index in [-0.39, 0.29) is 11.7 Å². The minimum atomic E-state index is -0.958. The second-order valence-electron chi connectivity index (χ2n) is 6.97. The summed E-state index contributed by atoms with van der Waals surface area (Å²) < 4.78 is 0. The standard InChI is InChI=1S/C23H20N2O2/c1-16-13-23(14-17(2)21(16)26)24-20(19-11-7-4-8-12-19)22(27)25(23)15-18-9-5-3-6-10-18/h3-14H,15H2,1-2H3. The van der Waals surface area contributed by atoms with Crippen molar-refractivity contribution in [3.63, 3.8) is 0 Å². The number of hydrogen-bond acceptors (Lipinski definition) is 3. The monoisotopic (exact) mass is 356 g/mol. The number of carbonyl (C=O) groups excluding carboxylic acids is 2. The van der Waals surface area contributed by atoms with E-state index in [9.17, 15) is 9.59 Å². The van der Waals surface area contributed by atoms with Crippen molar-refractivity contribution in [2.45, 2.75) is 26.1 Å². The van der Waals surface area contributed by atoms with E-state index in [1.165, 1.54) is 0 Å². The number of hydrogen-bond donors (Lipinski definition) is 0. The SMILES string of the molecule is CC1=CC2(C=C(C)C1=O)N=C(c1ccccc1)C(=O)N2Cc1ccccc1. The summed E-state index contributed by atoms with van der Waals surface area (Å²) in [5.74, 6) is -0.136. The molecule has 27 heavy (non-hydrogen) atoms. The summed E-state index contributed by atoms with van der Waals surface area (Å²) in [5.41, 5.74) is 2.49. The molecule has 0 bridgehead atoms. The van der Waals surface area contributed by atoms with Crippen LogP contribution in [-0.2, 0) is 16.1 Å². The fraction of sp³-hybridized carbons (Fsp3) is 0.174. The van der Waals surface area contributed by atoms with Gasteiger partial charge in [-0.15, -0.1) is 0 Å². The van der Waals surface area contributed by atoms with E-state index in [0.717, 1.165) is 11.1 Å². The Labute approximate surface area is 158 Å². The fourth-order valence-electron chi connectivity index (χ4n) is 3.67. The zero-order valence-corrected chi connectivity index (χ0v) is 15.3. The lowest BCUT2D eigenvalue weighted by atomic mass is 9.91. The van der Waals surface area contributed by atoms with Crippen molar-refractivity contribution < 1.29 is 9.59 Å². The minimum Gasteiger partial charge on any atom is -0.301 e. The van der Waals surface area contributed by atoms with Gasteiger partial charge in [-0.05, 0) is 42.7 Å². The largest absolute Gasteiger partial charge is 0.301 e. The van der Waals surface area contributed by atoms with Crippen molar-refractivity contribution in [3.05, 3.63) is 95.1 Å². The average molecular weight is 356 g/mol. The second kappa shape index (κ2) is 6.47. The molecule has 4 heteroatoms. The molecule has 4 rings (SSSR count). The lowest BCUT2D eigenvalue weighted by Crippen LogP contribution is -2.45. The highest BCUT2D eigenvalue weighted by Gasteiger charge is 2.46. The Balaban J connectivity index is 1.85. The van der Waals surface area contributed by atoms with Gasteiger partial charge < -0.3 is 4.90 Å². The predicted octanol–water partition coefficient (Wildman–Crippen LogP) is 3.69. The molecule has 1 amide bonds. The molecular weight excluding hydrogens is 336 g/mol. The lowest BCUT2D eigenvalue weighted by molar-refractivity contribution is -0.126. The van der Waals surface area contributed by atoms with Gasteiger partial charge in [0.2, 0.25) is 0 Å². The molecule has 1 spiro atoms. The number of amides is 1. The molecule has 0 saturated carbocycles. The Hall–Kier alpha value is -3.27. The Bertz CT molecular complexity index is 979. The molecular formula is C23H20N2O2. The van der Waals surface area contributed by atoms with Gasteiger partial charge >= 0.3 is 0 Å². The summed E-state index contributed by atoms with van der Waals surface area (Å²) in [6.45, 7) is 3.98. The number of rotatable bonds is 3. The quantitative estimate of drug-likeness (QED) is 0.842. The van der Waals surface area contributed by atoms with Crippen LogP contribution in [0, 0.1) is 0 Å². The number of allylic oxidation sites excluding steroid dienone is 2. The molecule has 4 nitrogen and oxygen atoms in total. The van der Waals surface area contributed by atoms with Gasteiger partial charge in [0.15, 0.2) is 11.4 Å². The zero-order chi connectivity index (χ0) is 19.0. The van der Waals surface area contributed by atoms with Crippen molar-refractivity contribution in [2.24, 2.45) is 4.99 Å². The molecule has 1 aliphatic heterocycles. The number of carbonyl (C=O) groups is 2. The molecule has 2 aromatic rings. The first-order valence-electron chi connectivity index (χ1n) is 8.95. The Morgan fingerprint density at radius 3 is 2.00 bits per heavy atom. The number of aliphatic imine (C=N–C) groups is 1. The van der Waals surface area contributed by atoms with Gasteiger partial charge in [0.25, 0.3) is 5.91 Å². The normalized spacial score (nSPS) is 18.4. The highest BCUT2D eigenvalue weighted by Crippen LogP contribution is 2.36. The van der Waals surface area contributed by atoms with Gasteiger partial charge in [-0.1, -0.05) is 60.7 Å². The van der Waals surface area contributed by atoms with Crippen molar-refractivity contribution in [2.75, 3.05) is 0 Å². The summed E-state index contributed by atoms with van der Waals surface area (Å²) >= 11 is 0. The number of benzene rings is 2. The van der Waals surface area contributed by atoms with E-state index < -0.39 is 5.66 Å². The number of Topliss-reactive ketones (excluding diaryl/α,β-unsaturated/α-hetero) is 1. The smallest absolute Gasteiger partial charge is 0.275 e. The van der Waals surface area contributed by atoms with Crippen LogP contribution >= 0.6 is 0 Å². The minimum absolute atomic E-state index is 0.00361. The van der Waals surface area contributed by atoms with E-state index in [1.807, 2.05) is 60.7 Å². The molecule has 0 N–H and O–H groups in total. The summed E-state index contributed by atoms with van der Waals surface area (Å²) in [6.07, 6.45) is 3.61. The second-order valence-corrected chi connectivity index (χ2v) is 6.97. The molecule has 0 unspecified atom stereocenters. The van der Waals surface area contributed by atoms with Crippen LogP contribution < -0.4 is 0 Å². The third-order valence-corrected chi connectivity index (χ3v) is 4.98. The van der Waals surface area contributed by atoms with Gasteiger partial charge in [0.1, 0.15) is 5.71 Å². The third-order valence-electron chi connectivity index (χ3n) is 4.98. The van der Waals surface area contributed by atoms with Crippen LogP contribution in [0.2, 0.25) is 0 Å². The fourth-order valence-corrected chi connectivity index (χ4v) is 3.67. The van der Waals surface area contributed by atoms with Crippen LogP contribution in [0.4, 0.5) is 0 Å². The third kappa shape index (κ3) is 2.93. The van der Waals surface area contributed by atoms with Crippen molar-refractivity contribution in [1.82, 2.24) is 4.90 Å². The van der Waals surface area contributed by atoms with E-state index >= 15 is 0 Å². The molecule has 0 fully saturated rings. The van der Waals surface area contributed by atoms with Crippen LogP contribution in [0.15, 0.2) is 89.0 Å². The summed E-state index contributed by atoms with van der Waals surface area (Å²) in [7, 11) is 0. The van der Waals surface area contributed by atoms with Crippen LogP contribution in [0.5, 0.6) is 0 Å². The number of ketones is 1. The van der Waals surface area contributed by atoms with Gasteiger partial charge in [-0.2, -0.15) is 0 Å². The Kier molecular flexibility index (Phi) is 4.11. The number of nitrogens with zero attached hydrogens (tertiary/aromatic N) is 2. The van der Waals surface area contributed by atoms with E-state index in [2.05, 4.69) is 0 Å². The van der Waals surface area contributed by atoms with Crippen molar-refractivity contribution in [3.8, 4) is 0 Å². The highest BCUT2D eigenvalue weighted by molar-refractivity contribution is 6.47. The van der Waals surface area contributed by atoms with Gasteiger partial charge in [0, 0.05) is 12.1 Å². The first-order valence-corrected chi connectivity index (χ1v) is 8.95. The van der Waals surface area contributed by atoms with E-state index in [4.69, 9.17) is 4.99 Å². The molecule has 0 aromatic heterocycles. The first kappa shape index (κ1) is 17.2. The summed E-state index contributed by atoms with van der Waals surface area (Å²) in [5, 5.41) is 0. The van der Waals surface area contributed by atoms with E-state index in [0.29, 0.717) is 23.4 Å². The molecule has 0 saturated heterocycles. The molecule has 134 valence electrons. The Morgan fingerprint density at radius 1 is 0.852 bits per heavy atom. The van der Waals surface area contributed by atoms with Crippen LogP contribution in [0.25, 0.3) is 0 Å². The van der Waals surface area contributed by atoms with Crippen molar-refractivity contribution in [1.29, 1.82) is 0 Å². The highest BCUT2D eigenvalue weighted by atomic mass is 16.2. The molecule has 0 atom stereocenters. The Morgan fingerprint density at radius 2 is 1.41 bits per heavy atom. The zero-order valence-electron chi connectivity index (χ0n) is 15.3. The van der Waals surface area contributed by atoms with Crippen LogP contribution in [0.3, 0.4) is 0 Å². The lowest BCUT2D eigenvalue weighted by Gasteiger charge is -2.34. The van der Waals surface area contributed by atoms with Crippen LogP contribution in [-0.4, -0.2) is 28.0 Å². The first-order chi connectivity index (χ1) is 13.0. The summed E-state index contributed by atoms with van der Waals surface area (Å²) in [6, 6.07) is 19.3. The molecule has 1 aliphatic carbocycles. The molecule has 2 aliphatic rings. The topological polar surface area (TPSA) is 49.7 Å². The maximum absolute atomic E-state index is 13.3. The average Bonchev–Trinajstić information content (AvgIpc) is 2.93. The summed E-state index contributed by atoms with van der Waals surface area (Å²) in [4.78, 5) is 32.2. The molecule has 1 heterocycles. The van der Waals surface area contributed by atoms with Gasteiger partial charge in [-0.3, -0.25) is 9.59 Å². The van der Waals surface area contributed by atoms with Crippen molar-refractivity contribution >= 4 is 17.4 Å². The maximum atomic E-state index is 13.3. The molecule has 2 aromatic carbocycles. The van der Waals surface area contributed by atoms with Crippen LogP contribution in [0.1, 0.15) is 25.0 Å². The molecule has 0 radical (unpaired) electrons. The predicted molar refractivity (Wildman–Crippen MR) is 105 cm³/mol. The van der Waals surface area contributed by atoms with E-state index in [1.54, 1.807) is 30.9 Å².